The third-order valence-electron chi connectivity index (χ3n) is 3.20. The summed E-state index contributed by atoms with van der Waals surface area (Å²) in [5.74, 6) is 0. The van der Waals surface area contributed by atoms with Gasteiger partial charge in [-0.25, -0.2) is 0 Å². The topological polar surface area (TPSA) is 45.0 Å². The molecule has 1 aliphatic heterocycles. The zero-order valence-electron chi connectivity index (χ0n) is 10.4. The zero-order valence-corrected chi connectivity index (χ0v) is 10.4. The van der Waals surface area contributed by atoms with E-state index < -0.39 is 0 Å². The maximum atomic E-state index is 9.07. The second kappa shape index (κ2) is 5.20. The predicted molar refractivity (Wildman–Crippen MR) is 68.0 cm³/mol. The number of nitriles is 1. The monoisotopic (exact) mass is 230 g/mol. The van der Waals surface area contributed by atoms with Gasteiger partial charge in [0.1, 0.15) is 6.07 Å². The lowest BCUT2D eigenvalue weighted by Crippen LogP contribution is -2.30. The molecule has 1 aromatic carbocycles. The Morgan fingerprint density at radius 2 is 2.35 bits per heavy atom. The molecule has 0 aliphatic carbocycles. The van der Waals surface area contributed by atoms with Gasteiger partial charge in [0.2, 0.25) is 0 Å². The highest BCUT2D eigenvalue weighted by molar-refractivity contribution is 5.59. The fourth-order valence-electron chi connectivity index (χ4n) is 2.21. The zero-order chi connectivity index (χ0) is 12.3. The van der Waals surface area contributed by atoms with Gasteiger partial charge in [0, 0.05) is 12.6 Å². The van der Waals surface area contributed by atoms with Crippen molar-refractivity contribution in [3.05, 3.63) is 29.3 Å². The first kappa shape index (κ1) is 11.9. The van der Waals surface area contributed by atoms with Crippen LogP contribution in [0.3, 0.4) is 0 Å². The van der Waals surface area contributed by atoms with Gasteiger partial charge in [0.05, 0.1) is 17.4 Å². The fraction of sp³-hybridized carbons (Fsp3) is 0.500. The Kier molecular flexibility index (Phi) is 3.65. The quantitative estimate of drug-likeness (QED) is 0.868. The van der Waals surface area contributed by atoms with E-state index in [0.717, 1.165) is 30.7 Å². The van der Waals surface area contributed by atoms with Crippen LogP contribution >= 0.6 is 0 Å². The van der Waals surface area contributed by atoms with E-state index in [9.17, 15) is 0 Å². The van der Waals surface area contributed by atoms with E-state index in [-0.39, 0.29) is 12.1 Å². The maximum absolute atomic E-state index is 9.07. The van der Waals surface area contributed by atoms with Crippen molar-refractivity contribution in [3.63, 3.8) is 0 Å². The van der Waals surface area contributed by atoms with Gasteiger partial charge in [-0.3, -0.25) is 0 Å². The number of aryl methyl sites for hydroxylation is 1. The number of benzene rings is 1. The molecule has 2 unspecified atom stereocenters. The third kappa shape index (κ3) is 2.78. The largest absolute Gasteiger partial charge is 0.379 e. The first-order valence-corrected chi connectivity index (χ1v) is 6.09. The molecule has 1 saturated heterocycles. The van der Waals surface area contributed by atoms with Gasteiger partial charge in [-0.2, -0.15) is 5.26 Å². The Labute approximate surface area is 102 Å². The molecular formula is C14H18N2O. The summed E-state index contributed by atoms with van der Waals surface area (Å²) in [7, 11) is 0. The van der Waals surface area contributed by atoms with Crippen LogP contribution in [0.4, 0.5) is 5.69 Å². The van der Waals surface area contributed by atoms with E-state index in [1.807, 2.05) is 25.1 Å². The van der Waals surface area contributed by atoms with Gasteiger partial charge in [0.25, 0.3) is 0 Å². The first-order chi connectivity index (χ1) is 8.20. The van der Waals surface area contributed by atoms with Crippen LogP contribution in [0, 0.1) is 18.3 Å². The van der Waals surface area contributed by atoms with E-state index in [0.29, 0.717) is 5.56 Å². The van der Waals surface area contributed by atoms with E-state index >= 15 is 0 Å². The number of ether oxygens (including phenoxy) is 1. The van der Waals surface area contributed by atoms with Crippen molar-refractivity contribution < 1.29 is 4.74 Å². The average Bonchev–Trinajstić information content (AvgIpc) is 2.83. The summed E-state index contributed by atoms with van der Waals surface area (Å²) in [4.78, 5) is 0. The highest BCUT2D eigenvalue weighted by Crippen LogP contribution is 2.22. The molecular weight excluding hydrogens is 212 g/mol. The molecule has 0 saturated carbocycles. The lowest BCUT2D eigenvalue weighted by atomic mass is 10.1. The van der Waals surface area contributed by atoms with Crippen molar-refractivity contribution in [2.75, 3.05) is 11.9 Å². The minimum absolute atomic E-state index is 0.242. The Hall–Kier alpha value is -1.53. The summed E-state index contributed by atoms with van der Waals surface area (Å²) in [5.41, 5.74) is 2.77. The third-order valence-corrected chi connectivity index (χ3v) is 3.20. The smallest absolute Gasteiger partial charge is 0.101 e. The molecule has 1 aliphatic rings. The number of hydrogen-bond donors (Lipinski definition) is 1. The normalized spacial score (nSPS) is 20.9. The van der Waals surface area contributed by atoms with Crippen molar-refractivity contribution >= 4 is 5.69 Å². The van der Waals surface area contributed by atoms with Crippen molar-refractivity contribution in [1.29, 1.82) is 5.26 Å². The van der Waals surface area contributed by atoms with Crippen molar-refractivity contribution in [2.24, 2.45) is 0 Å². The highest BCUT2D eigenvalue weighted by Gasteiger charge is 2.22. The van der Waals surface area contributed by atoms with Crippen LogP contribution < -0.4 is 5.32 Å². The maximum Gasteiger partial charge on any atom is 0.101 e. The average molecular weight is 230 g/mol. The molecule has 0 spiro atoms. The highest BCUT2D eigenvalue weighted by atomic mass is 16.5. The number of nitrogens with zero attached hydrogens (tertiary/aromatic N) is 1. The molecule has 1 N–H and O–H groups in total. The molecule has 0 bridgehead atoms. The molecule has 0 amide bonds. The minimum atomic E-state index is 0.242. The van der Waals surface area contributed by atoms with Gasteiger partial charge in [-0.05, 0) is 44.4 Å². The van der Waals surface area contributed by atoms with Crippen molar-refractivity contribution in [1.82, 2.24) is 0 Å². The van der Waals surface area contributed by atoms with E-state index in [1.165, 1.54) is 0 Å². The molecule has 0 aromatic heterocycles. The van der Waals surface area contributed by atoms with E-state index in [4.69, 9.17) is 10.00 Å². The second-order valence-corrected chi connectivity index (χ2v) is 4.65. The molecule has 2 atom stereocenters. The van der Waals surface area contributed by atoms with Crippen molar-refractivity contribution in [3.8, 4) is 6.07 Å². The van der Waals surface area contributed by atoms with Crippen molar-refractivity contribution in [2.45, 2.75) is 38.8 Å². The van der Waals surface area contributed by atoms with Gasteiger partial charge in [-0.15, -0.1) is 0 Å². The van der Waals surface area contributed by atoms with Crippen LogP contribution in [0.5, 0.6) is 0 Å². The second-order valence-electron chi connectivity index (χ2n) is 4.65. The SMILES string of the molecule is Cc1ccc(C#N)c(NC(C)C2CCCO2)c1. The number of nitrogens with one attached hydrogen (secondary N) is 1. The van der Waals surface area contributed by atoms with Gasteiger partial charge < -0.3 is 10.1 Å². The Balaban J connectivity index is 2.11. The van der Waals surface area contributed by atoms with Gasteiger partial charge in [-0.1, -0.05) is 6.07 Å². The molecule has 3 heteroatoms. The first-order valence-electron chi connectivity index (χ1n) is 6.09. The molecule has 1 aromatic rings. The Morgan fingerprint density at radius 1 is 1.53 bits per heavy atom. The number of hydrogen-bond acceptors (Lipinski definition) is 3. The summed E-state index contributed by atoms with van der Waals surface area (Å²) in [6, 6.07) is 8.30. The number of rotatable bonds is 3. The molecule has 1 heterocycles. The van der Waals surface area contributed by atoms with Crippen LogP contribution in [0.2, 0.25) is 0 Å². The predicted octanol–water partition coefficient (Wildman–Crippen LogP) is 2.85. The Morgan fingerprint density at radius 3 is 3.00 bits per heavy atom. The fourth-order valence-corrected chi connectivity index (χ4v) is 2.21. The van der Waals surface area contributed by atoms with Crippen LogP contribution in [0.1, 0.15) is 30.9 Å². The summed E-state index contributed by atoms with van der Waals surface area (Å²) >= 11 is 0. The van der Waals surface area contributed by atoms with Gasteiger partial charge >= 0.3 is 0 Å². The van der Waals surface area contributed by atoms with E-state index in [1.54, 1.807) is 0 Å². The standard InChI is InChI=1S/C14H18N2O/c1-10-5-6-12(9-15)13(8-10)16-11(2)14-4-3-7-17-14/h5-6,8,11,14,16H,3-4,7H2,1-2H3. The van der Waals surface area contributed by atoms with Crippen LogP contribution in [0.25, 0.3) is 0 Å². The summed E-state index contributed by atoms with van der Waals surface area (Å²) in [5, 5.41) is 12.5. The minimum Gasteiger partial charge on any atom is -0.379 e. The van der Waals surface area contributed by atoms with Crippen LogP contribution in [-0.2, 0) is 4.74 Å². The van der Waals surface area contributed by atoms with Gasteiger partial charge in [0.15, 0.2) is 0 Å². The van der Waals surface area contributed by atoms with Crippen LogP contribution in [-0.4, -0.2) is 18.8 Å². The summed E-state index contributed by atoms with van der Waals surface area (Å²) < 4.78 is 5.65. The number of anilines is 1. The summed E-state index contributed by atoms with van der Waals surface area (Å²) in [6.07, 6.45) is 2.50. The molecule has 0 radical (unpaired) electrons. The molecule has 2 rings (SSSR count). The van der Waals surface area contributed by atoms with E-state index in [2.05, 4.69) is 18.3 Å². The molecule has 17 heavy (non-hydrogen) atoms. The van der Waals surface area contributed by atoms with Crippen LogP contribution in [0.15, 0.2) is 18.2 Å². The lowest BCUT2D eigenvalue weighted by Gasteiger charge is -2.22. The lowest BCUT2D eigenvalue weighted by molar-refractivity contribution is 0.0996. The summed E-state index contributed by atoms with van der Waals surface area (Å²) in [6.45, 7) is 5.00. The molecule has 3 nitrogen and oxygen atoms in total. The molecule has 90 valence electrons. The Bertz CT molecular complexity index is 430. The molecule has 1 fully saturated rings.